The summed E-state index contributed by atoms with van der Waals surface area (Å²) in [4.78, 5) is 0. The number of aliphatic hydroxyl groups is 1. The van der Waals surface area contributed by atoms with E-state index >= 15 is 0 Å². The van der Waals surface area contributed by atoms with E-state index in [0.29, 0.717) is 12.0 Å². The molecule has 0 heterocycles. The third-order valence-corrected chi connectivity index (χ3v) is 3.10. The lowest BCUT2D eigenvalue weighted by molar-refractivity contribution is 0.122. The van der Waals surface area contributed by atoms with E-state index in [1.165, 1.54) is 5.56 Å². The predicted octanol–water partition coefficient (Wildman–Crippen LogP) is 4.16. The van der Waals surface area contributed by atoms with Crippen LogP contribution in [0.3, 0.4) is 0 Å². The van der Waals surface area contributed by atoms with Crippen LogP contribution >= 0.6 is 0 Å². The molecule has 0 spiro atoms. The van der Waals surface area contributed by atoms with Crippen LogP contribution in [0.1, 0.15) is 53.5 Å². The highest BCUT2D eigenvalue weighted by atomic mass is 16.5. The van der Waals surface area contributed by atoms with Gasteiger partial charge in [0.25, 0.3) is 0 Å². The second-order valence-electron chi connectivity index (χ2n) is 7.31. The topological polar surface area (TPSA) is 29.5 Å². The average Bonchev–Trinajstić information content (AvgIpc) is 2.23. The van der Waals surface area contributed by atoms with E-state index in [-0.39, 0.29) is 5.41 Å². The zero-order valence-electron chi connectivity index (χ0n) is 13.2. The first-order chi connectivity index (χ1) is 8.60. The first kappa shape index (κ1) is 16.0. The summed E-state index contributed by atoms with van der Waals surface area (Å²) in [7, 11) is 0. The summed E-state index contributed by atoms with van der Waals surface area (Å²) >= 11 is 0. The molecule has 1 rings (SSSR count). The van der Waals surface area contributed by atoms with Crippen molar-refractivity contribution in [1.29, 1.82) is 0 Å². The Labute approximate surface area is 117 Å². The fraction of sp³-hybridized carbons (Fsp3) is 0.647. The maximum atomic E-state index is 9.20. The van der Waals surface area contributed by atoms with Crippen LogP contribution in [-0.4, -0.2) is 17.8 Å². The number of hydrogen-bond acceptors (Lipinski definition) is 2. The van der Waals surface area contributed by atoms with Gasteiger partial charge in [-0.1, -0.05) is 46.8 Å². The number of ether oxygens (including phenoxy) is 1. The molecule has 1 N–H and O–H groups in total. The number of aliphatic hydroxyl groups excluding tert-OH is 1. The van der Waals surface area contributed by atoms with Crippen LogP contribution in [0.15, 0.2) is 24.3 Å². The molecule has 0 radical (unpaired) electrons. The SMILES string of the molecule is C[C@H](O)COc1ccc(C(C)(C)CC(C)(C)C)cc1. The Morgan fingerprint density at radius 3 is 2.00 bits per heavy atom. The Hall–Kier alpha value is -1.02. The van der Waals surface area contributed by atoms with Crippen LogP contribution < -0.4 is 4.74 Å². The molecule has 1 atom stereocenters. The van der Waals surface area contributed by atoms with Crippen molar-refractivity contribution in [1.82, 2.24) is 0 Å². The molecule has 0 saturated heterocycles. The zero-order chi connectivity index (χ0) is 14.7. The summed E-state index contributed by atoms with van der Waals surface area (Å²) in [5.41, 5.74) is 1.79. The third-order valence-electron chi connectivity index (χ3n) is 3.10. The van der Waals surface area contributed by atoms with Crippen LogP contribution in [0.5, 0.6) is 5.75 Å². The van der Waals surface area contributed by atoms with Crippen molar-refractivity contribution in [3.05, 3.63) is 29.8 Å². The van der Waals surface area contributed by atoms with Crippen LogP contribution in [-0.2, 0) is 5.41 Å². The fourth-order valence-electron chi connectivity index (χ4n) is 2.65. The van der Waals surface area contributed by atoms with Gasteiger partial charge < -0.3 is 9.84 Å². The van der Waals surface area contributed by atoms with Crippen molar-refractivity contribution < 1.29 is 9.84 Å². The first-order valence-electron chi connectivity index (χ1n) is 7.02. The molecular formula is C17H28O2. The maximum Gasteiger partial charge on any atom is 0.119 e. The molecule has 19 heavy (non-hydrogen) atoms. The molecule has 1 aromatic rings. The minimum absolute atomic E-state index is 0.154. The molecular weight excluding hydrogens is 236 g/mol. The van der Waals surface area contributed by atoms with E-state index in [9.17, 15) is 5.11 Å². The van der Waals surface area contributed by atoms with Gasteiger partial charge in [-0.25, -0.2) is 0 Å². The van der Waals surface area contributed by atoms with Crippen LogP contribution in [0.4, 0.5) is 0 Å². The summed E-state index contributed by atoms with van der Waals surface area (Å²) in [6, 6.07) is 8.23. The van der Waals surface area contributed by atoms with Crippen molar-refractivity contribution in [2.45, 2.75) is 59.5 Å². The summed E-state index contributed by atoms with van der Waals surface area (Å²) in [5.74, 6) is 0.816. The number of benzene rings is 1. The van der Waals surface area contributed by atoms with Gasteiger partial charge in [0.05, 0.1) is 6.10 Å². The number of hydrogen-bond donors (Lipinski definition) is 1. The number of rotatable bonds is 5. The maximum absolute atomic E-state index is 9.20. The highest BCUT2D eigenvalue weighted by Gasteiger charge is 2.27. The van der Waals surface area contributed by atoms with Gasteiger partial charge >= 0.3 is 0 Å². The van der Waals surface area contributed by atoms with Gasteiger partial charge in [0, 0.05) is 0 Å². The predicted molar refractivity (Wildman–Crippen MR) is 80.7 cm³/mol. The van der Waals surface area contributed by atoms with Crippen molar-refractivity contribution in [2.75, 3.05) is 6.61 Å². The van der Waals surface area contributed by atoms with Crippen LogP contribution in [0.25, 0.3) is 0 Å². The Bertz CT molecular complexity index is 383. The molecule has 108 valence electrons. The summed E-state index contributed by atoms with van der Waals surface area (Å²) in [5, 5.41) is 9.20. The molecule has 0 aliphatic rings. The Morgan fingerprint density at radius 1 is 1.05 bits per heavy atom. The Balaban J connectivity index is 2.75. The van der Waals surface area contributed by atoms with Crippen molar-refractivity contribution in [3.8, 4) is 5.75 Å². The quantitative estimate of drug-likeness (QED) is 0.865. The molecule has 0 aliphatic heterocycles. The zero-order valence-corrected chi connectivity index (χ0v) is 13.2. The lowest BCUT2D eigenvalue weighted by Gasteiger charge is -2.33. The lowest BCUT2D eigenvalue weighted by Crippen LogP contribution is -2.24. The van der Waals surface area contributed by atoms with E-state index in [2.05, 4.69) is 46.8 Å². The summed E-state index contributed by atoms with van der Waals surface area (Å²) in [6.45, 7) is 13.4. The molecule has 2 heteroatoms. The van der Waals surface area contributed by atoms with Gasteiger partial charge in [0.15, 0.2) is 0 Å². The third kappa shape index (κ3) is 5.65. The van der Waals surface area contributed by atoms with Gasteiger partial charge in [-0.2, -0.15) is 0 Å². The summed E-state index contributed by atoms with van der Waals surface area (Å²) in [6.07, 6.45) is 0.699. The minimum Gasteiger partial charge on any atom is -0.491 e. The van der Waals surface area contributed by atoms with Gasteiger partial charge in [-0.3, -0.25) is 0 Å². The van der Waals surface area contributed by atoms with Crippen LogP contribution in [0.2, 0.25) is 0 Å². The normalized spacial score (nSPS) is 14.3. The molecule has 0 aliphatic carbocycles. The highest BCUT2D eigenvalue weighted by molar-refractivity contribution is 5.31. The second-order valence-corrected chi connectivity index (χ2v) is 7.31. The van der Waals surface area contributed by atoms with Gasteiger partial charge in [-0.15, -0.1) is 0 Å². The van der Waals surface area contributed by atoms with Gasteiger partial charge in [0.2, 0.25) is 0 Å². The molecule has 2 nitrogen and oxygen atoms in total. The largest absolute Gasteiger partial charge is 0.491 e. The average molecular weight is 264 g/mol. The van der Waals surface area contributed by atoms with E-state index in [1.807, 2.05) is 12.1 Å². The van der Waals surface area contributed by atoms with E-state index < -0.39 is 6.10 Å². The molecule has 0 bridgehead atoms. The van der Waals surface area contributed by atoms with E-state index in [0.717, 1.165) is 12.2 Å². The molecule has 0 aromatic heterocycles. The first-order valence-corrected chi connectivity index (χ1v) is 7.02. The van der Waals surface area contributed by atoms with Gasteiger partial charge in [-0.05, 0) is 41.9 Å². The second kappa shape index (κ2) is 5.96. The Kier molecular flexibility index (Phi) is 5.03. The van der Waals surface area contributed by atoms with Crippen LogP contribution in [0, 0.1) is 5.41 Å². The van der Waals surface area contributed by atoms with Crippen molar-refractivity contribution in [2.24, 2.45) is 5.41 Å². The molecule has 0 amide bonds. The van der Waals surface area contributed by atoms with Gasteiger partial charge in [0.1, 0.15) is 12.4 Å². The molecule has 0 fully saturated rings. The smallest absolute Gasteiger partial charge is 0.119 e. The summed E-state index contributed by atoms with van der Waals surface area (Å²) < 4.78 is 5.49. The van der Waals surface area contributed by atoms with Crippen molar-refractivity contribution >= 4 is 0 Å². The monoisotopic (exact) mass is 264 g/mol. The Morgan fingerprint density at radius 2 is 1.58 bits per heavy atom. The van der Waals surface area contributed by atoms with E-state index in [1.54, 1.807) is 6.92 Å². The molecule has 0 unspecified atom stereocenters. The van der Waals surface area contributed by atoms with Crippen molar-refractivity contribution in [3.63, 3.8) is 0 Å². The fourth-order valence-corrected chi connectivity index (χ4v) is 2.65. The molecule has 0 saturated carbocycles. The molecule has 1 aromatic carbocycles. The standard InChI is InChI=1S/C17H28O2/c1-13(18)11-19-15-9-7-14(8-10-15)17(5,6)12-16(2,3)4/h7-10,13,18H,11-12H2,1-6H3/t13-/m0/s1. The highest BCUT2D eigenvalue weighted by Crippen LogP contribution is 2.36. The van der Waals surface area contributed by atoms with E-state index in [4.69, 9.17) is 4.74 Å². The lowest BCUT2D eigenvalue weighted by atomic mass is 9.72. The minimum atomic E-state index is -0.433.